The van der Waals surface area contributed by atoms with Crippen molar-refractivity contribution in [3.63, 3.8) is 0 Å². The minimum atomic E-state index is -0.0921. The van der Waals surface area contributed by atoms with Crippen LogP contribution in [0.2, 0.25) is 0 Å². The SMILES string of the molecule is Cc1cccc(C)c1C(=O)Pc1c(OCCC(C)C)cc(OCCC(C)C)cc1OCCC(C)C.[Li+]. The summed E-state index contributed by atoms with van der Waals surface area (Å²) in [4.78, 5) is 13.5. The molecule has 0 aliphatic rings. The molecule has 2 rings (SSSR count). The summed E-state index contributed by atoms with van der Waals surface area (Å²) in [5.41, 5.74) is 2.90. The van der Waals surface area contributed by atoms with Crippen LogP contribution in [-0.4, -0.2) is 25.3 Å². The quantitative estimate of drug-likeness (QED) is 0.258. The van der Waals surface area contributed by atoms with Crippen molar-refractivity contribution in [1.82, 2.24) is 0 Å². The molecule has 0 amide bonds. The Morgan fingerprint density at radius 1 is 0.750 bits per heavy atom. The summed E-state index contributed by atoms with van der Waals surface area (Å²) in [7, 11) is -0.0921. The summed E-state index contributed by atoms with van der Waals surface area (Å²) in [5, 5.41) is 0.835. The molecule has 0 N–H and O–H groups in total. The molecular formula is C30H45LiO4P+. The second kappa shape index (κ2) is 16.4. The smallest absolute Gasteiger partial charge is 0.493 e. The fourth-order valence-corrected chi connectivity index (χ4v) is 4.85. The molecule has 0 saturated heterocycles. The monoisotopic (exact) mass is 507 g/mol. The molecule has 4 nitrogen and oxygen atoms in total. The first kappa shape index (κ1) is 32.6. The van der Waals surface area contributed by atoms with Gasteiger partial charge in [-0.15, -0.1) is 0 Å². The Morgan fingerprint density at radius 2 is 1.17 bits per heavy atom. The van der Waals surface area contributed by atoms with E-state index in [0.717, 1.165) is 47.0 Å². The molecule has 0 aliphatic heterocycles. The van der Waals surface area contributed by atoms with Gasteiger partial charge in [0.15, 0.2) is 5.52 Å². The average Bonchev–Trinajstić information content (AvgIpc) is 2.75. The Morgan fingerprint density at radius 3 is 1.58 bits per heavy atom. The van der Waals surface area contributed by atoms with E-state index in [0.29, 0.717) is 49.1 Å². The van der Waals surface area contributed by atoms with Gasteiger partial charge in [0.2, 0.25) is 0 Å². The summed E-state index contributed by atoms with van der Waals surface area (Å²) in [6, 6.07) is 9.87. The fraction of sp³-hybridized carbons (Fsp3) is 0.567. The Kier molecular flexibility index (Phi) is 14.8. The van der Waals surface area contributed by atoms with Crippen molar-refractivity contribution in [3.05, 3.63) is 47.0 Å². The Labute approximate surface area is 233 Å². The van der Waals surface area contributed by atoms with Gasteiger partial charge in [-0.1, -0.05) is 59.7 Å². The maximum atomic E-state index is 13.5. The molecule has 0 spiro atoms. The van der Waals surface area contributed by atoms with Crippen molar-refractivity contribution >= 4 is 19.4 Å². The van der Waals surface area contributed by atoms with E-state index in [4.69, 9.17) is 14.2 Å². The van der Waals surface area contributed by atoms with E-state index in [1.807, 2.05) is 44.2 Å². The van der Waals surface area contributed by atoms with Crippen LogP contribution in [-0.2, 0) is 0 Å². The molecule has 194 valence electrons. The Bertz CT molecular complexity index is 901. The third-order valence-electron chi connectivity index (χ3n) is 5.86. The number of hydrogen-bond donors (Lipinski definition) is 0. The largest absolute Gasteiger partial charge is 1.00 e. The first-order valence-electron chi connectivity index (χ1n) is 13.0. The van der Waals surface area contributed by atoms with Gasteiger partial charge in [0, 0.05) is 17.7 Å². The number of aryl methyl sites for hydroxylation is 2. The average molecular weight is 508 g/mol. The van der Waals surface area contributed by atoms with Crippen molar-refractivity contribution in [2.45, 2.75) is 74.7 Å². The van der Waals surface area contributed by atoms with Gasteiger partial charge in [0.05, 0.1) is 25.1 Å². The minimum absolute atomic E-state index is 0. The van der Waals surface area contributed by atoms with Gasteiger partial charge < -0.3 is 14.2 Å². The molecule has 0 bridgehead atoms. The van der Waals surface area contributed by atoms with Crippen molar-refractivity contribution in [3.8, 4) is 17.2 Å². The van der Waals surface area contributed by atoms with Crippen molar-refractivity contribution in [1.29, 1.82) is 0 Å². The number of carbonyl (C=O) groups excluding carboxylic acids is 1. The summed E-state index contributed by atoms with van der Waals surface area (Å²) in [5.74, 6) is 3.76. The third kappa shape index (κ3) is 10.9. The van der Waals surface area contributed by atoms with E-state index in [1.165, 1.54) is 0 Å². The first-order chi connectivity index (χ1) is 16.6. The van der Waals surface area contributed by atoms with Crippen LogP contribution in [0.5, 0.6) is 17.2 Å². The van der Waals surface area contributed by atoms with Crippen LogP contribution in [0, 0.1) is 31.6 Å². The minimum Gasteiger partial charge on any atom is -0.493 e. The van der Waals surface area contributed by atoms with Crippen LogP contribution in [0.4, 0.5) is 0 Å². The maximum Gasteiger partial charge on any atom is 1.00 e. The van der Waals surface area contributed by atoms with Gasteiger partial charge in [-0.05, 0) is 70.6 Å². The molecule has 36 heavy (non-hydrogen) atoms. The summed E-state index contributed by atoms with van der Waals surface area (Å²) in [6.45, 7) is 18.9. The molecule has 1 unspecified atom stereocenters. The van der Waals surface area contributed by atoms with Gasteiger partial charge in [-0.3, -0.25) is 4.79 Å². The topological polar surface area (TPSA) is 44.8 Å². The van der Waals surface area contributed by atoms with Gasteiger partial charge in [-0.25, -0.2) is 0 Å². The number of rotatable bonds is 15. The molecule has 0 saturated carbocycles. The Hall–Kier alpha value is -1.46. The molecule has 0 aromatic heterocycles. The van der Waals surface area contributed by atoms with Crippen LogP contribution < -0.4 is 38.4 Å². The fourth-order valence-electron chi connectivity index (χ4n) is 3.57. The van der Waals surface area contributed by atoms with E-state index >= 15 is 0 Å². The predicted octanol–water partition coefficient (Wildman–Crippen LogP) is 4.73. The van der Waals surface area contributed by atoms with E-state index in [9.17, 15) is 4.79 Å². The number of hydrogen-bond acceptors (Lipinski definition) is 4. The van der Waals surface area contributed by atoms with Crippen LogP contribution in [0.15, 0.2) is 30.3 Å². The molecule has 0 radical (unpaired) electrons. The number of carbonyl (C=O) groups is 1. The van der Waals surface area contributed by atoms with Gasteiger partial charge in [-0.2, -0.15) is 0 Å². The summed E-state index contributed by atoms with van der Waals surface area (Å²) in [6.07, 6.45) is 2.85. The van der Waals surface area contributed by atoms with Crippen molar-refractivity contribution in [2.24, 2.45) is 17.8 Å². The zero-order valence-electron chi connectivity index (χ0n) is 24.0. The molecule has 2 aromatic rings. The van der Waals surface area contributed by atoms with Gasteiger partial charge >= 0.3 is 18.9 Å². The predicted molar refractivity (Wildman–Crippen MR) is 149 cm³/mol. The van der Waals surface area contributed by atoms with E-state index in [-0.39, 0.29) is 33.0 Å². The van der Waals surface area contributed by atoms with Gasteiger partial charge in [0.1, 0.15) is 17.2 Å². The molecule has 0 heterocycles. The first-order valence-corrected chi connectivity index (χ1v) is 14.0. The molecule has 6 heteroatoms. The second-order valence-corrected chi connectivity index (χ2v) is 11.8. The van der Waals surface area contributed by atoms with Gasteiger partial charge in [0.25, 0.3) is 0 Å². The van der Waals surface area contributed by atoms with Crippen molar-refractivity contribution < 1.29 is 37.9 Å². The standard InChI is InChI=1S/C30H45O4P.Li/c1-20(2)12-15-32-25-18-26(33-16-13-21(3)4)29(27(19-25)34-17-14-22(5)6)35-30(31)28-23(7)10-9-11-24(28)8;/h9-11,18-22,35H,12-17H2,1-8H3;/q;+1. The van der Waals surface area contributed by atoms with Crippen LogP contribution >= 0.6 is 8.58 Å². The van der Waals surface area contributed by atoms with Crippen LogP contribution in [0.3, 0.4) is 0 Å². The van der Waals surface area contributed by atoms with E-state index in [2.05, 4.69) is 41.5 Å². The van der Waals surface area contributed by atoms with E-state index in [1.54, 1.807) is 0 Å². The molecule has 0 aliphatic carbocycles. The zero-order chi connectivity index (χ0) is 26.0. The third-order valence-corrected chi connectivity index (χ3v) is 7.08. The maximum absolute atomic E-state index is 13.5. The number of ether oxygens (including phenoxy) is 3. The number of benzene rings is 2. The molecule has 1 atom stereocenters. The molecular weight excluding hydrogens is 462 g/mol. The summed E-state index contributed by atoms with van der Waals surface area (Å²) < 4.78 is 18.6. The van der Waals surface area contributed by atoms with Crippen LogP contribution in [0.25, 0.3) is 0 Å². The molecule has 2 aromatic carbocycles. The zero-order valence-corrected chi connectivity index (χ0v) is 25.0. The molecule has 0 fully saturated rings. The normalized spacial score (nSPS) is 11.4. The summed E-state index contributed by atoms with van der Waals surface area (Å²) >= 11 is 0. The Balaban J connectivity index is 0.00000648. The second-order valence-electron chi connectivity index (χ2n) is 10.6. The van der Waals surface area contributed by atoms with Crippen LogP contribution in [0.1, 0.15) is 82.3 Å². The van der Waals surface area contributed by atoms with E-state index < -0.39 is 0 Å². The van der Waals surface area contributed by atoms with Crippen molar-refractivity contribution in [2.75, 3.05) is 19.8 Å².